The number of amides is 1. The van der Waals surface area contributed by atoms with E-state index < -0.39 is 0 Å². The first-order valence-electron chi connectivity index (χ1n) is 7.50. The van der Waals surface area contributed by atoms with Crippen molar-refractivity contribution in [3.63, 3.8) is 0 Å². The fourth-order valence-electron chi connectivity index (χ4n) is 2.78. The zero-order valence-electron chi connectivity index (χ0n) is 12.4. The Labute approximate surface area is 125 Å². The number of carbonyl (C=O) groups excluding carboxylic acids is 1. The molecule has 1 aliphatic rings. The quantitative estimate of drug-likeness (QED) is 0.871. The number of carbonyl (C=O) groups is 1. The lowest BCUT2D eigenvalue weighted by Crippen LogP contribution is -2.47. The molecule has 0 aliphatic carbocycles. The highest BCUT2D eigenvalue weighted by molar-refractivity contribution is 5.78. The van der Waals surface area contributed by atoms with Crippen LogP contribution in [0, 0.1) is 5.82 Å². The molecule has 1 aromatic carbocycles. The van der Waals surface area contributed by atoms with Crippen molar-refractivity contribution >= 4 is 5.91 Å². The summed E-state index contributed by atoms with van der Waals surface area (Å²) in [5, 5.41) is 12.3. The van der Waals surface area contributed by atoms with Crippen LogP contribution < -0.4 is 5.32 Å². The smallest absolute Gasteiger partial charge is 0.234 e. The number of nitrogens with zero attached hydrogens (tertiary/aromatic N) is 1. The van der Waals surface area contributed by atoms with Gasteiger partial charge in [-0.25, -0.2) is 4.39 Å². The van der Waals surface area contributed by atoms with Crippen LogP contribution in [0.3, 0.4) is 0 Å². The van der Waals surface area contributed by atoms with Crippen molar-refractivity contribution in [2.75, 3.05) is 19.7 Å². The molecule has 5 heteroatoms. The zero-order chi connectivity index (χ0) is 15.2. The number of likely N-dealkylation sites (tertiary alicyclic amines) is 1. The van der Waals surface area contributed by atoms with Gasteiger partial charge in [-0.15, -0.1) is 0 Å². The number of piperidine rings is 1. The Morgan fingerprint density at radius 2 is 2.14 bits per heavy atom. The largest absolute Gasteiger partial charge is 0.395 e. The summed E-state index contributed by atoms with van der Waals surface area (Å²) >= 11 is 0. The Hall–Kier alpha value is -1.46. The molecule has 1 amide bonds. The SMILES string of the molecule is CC(NC(=O)CN1CCCCC1CO)c1ccc(F)cc1. The number of aliphatic hydroxyl groups is 1. The van der Waals surface area contributed by atoms with Gasteiger partial charge in [0.2, 0.25) is 5.91 Å². The molecule has 0 bridgehead atoms. The van der Waals surface area contributed by atoms with Crippen molar-refractivity contribution in [2.45, 2.75) is 38.3 Å². The molecule has 0 spiro atoms. The molecule has 2 unspecified atom stereocenters. The minimum atomic E-state index is -0.281. The van der Waals surface area contributed by atoms with E-state index in [4.69, 9.17) is 0 Å². The number of hydrogen-bond acceptors (Lipinski definition) is 3. The molecule has 116 valence electrons. The second-order valence-corrected chi connectivity index (χ2v) is 5.64. The lowest BCUT2D eigenvalue weighted by Gasteiger charge is -2.34. The molecule has 1 heterocycles. The number of benzene rings is 1. The van der Waals surface area contributed by atoms with Crippen LogP contribution >= 0.6 is 0 Å². The highest BCUT2D eigenvalue weighted by atomic mass is 19.1. The van der Waals surface area contributed by atoms with Gasteiger partial charge in [0, 0.05) is 6.04 Å². The molecule has 1 aliphatic heterocycles. The molecular formula is C16H23FN2O2. The molecular weight excluding hydrogens is 271 g/mol. The van der Waals surface area contributed by atoms with Crippen LogP contribution in [0.2, 0.25) is 0 Å². The van der Waals surface area contributed by atoms with Gasteiger partial charge in [0.05, 0.1) is 19.2 Å². The molecule has 0 aromatic heterocycles. The van der Waals surface area contributed by atoms with Gasteiger partial charge < -0.3 is 10.4 Å². The maximum Gasteiger partial charge on any atom is 0.234 e. The van der Waals surface area contributed by atoms with E-state index in [0.717, 1.165) is 31.4 Å². The van der Waals surface area contributed by atoms with Crippen LogP contribution in [0.5, 0.6) is 0 Å². The van der Waals surface area contributed by atoms with Gasteiger partial charge in [0.1, 0.15) is 5.82 Å². The predicted octanol–water partition coefficient (Wildman–Crippen LogP) is 1.85. The van der Waals surface area contributed by atoms with Crippen molar-refractivity contribution in [1.82, 2.24) is 10.2 Å². The molecule has 4 nitrogen and oxygen atoms in total. The average molecular weight is 294 g/mol. The fourth-order valence-corrected chi connectivity index (χ4v) is 2.78. The van der Waals surface area contributed by atoms with E-state index in [-0.39, 0.29) is 30.4 Å². The summed E-state index contributed by atoms with van der Waals surface area (Å²) in [6.07, 6.45) is 3.11. The highest BCUT2D eigenvalue weighted by Gasteiger charge is 2.24. The maximum atomic E-state index is 12.9. The minimum Gasteiger partial charge on any atom is -0.395 e. The zero-order valence-corrected chi connectivity index (χ0v) is 12.4. The van der Waals surface area contributed by atoms with Crippen LogP contribution in [0.1, 0.15) is 37.8 Å². The standard InChI is InChI=1S/C16H23FN2O2/c1-12(13-5-7-14(17)8-6-13)18-16(21)10-19-9-3-2-4-15(19)11-20/h5-8,12,15,20H,2-4,9-11H2,1H3,(H,18,21). The van der Waals surface area contributed by atoms with Crippen LogP contribution in [0.25, 0.3) is 0 Å². The summed E-state index contributed by atoms with van der Waals surface area (Å²) in [4.78, 5) is 14.2. The molecule has 0 radical (unpaired) electrons. The summed E-state index contributed by atoms with van der Waals surface area (Å²) in [7, 11) is 0. The van der Waals surface area contributed by atoms with Crippen LogP contribution in [-0.4, -0.2) is 41.7 Å². The predicted molar refractivity (Wildman–Crippen MR) is 79.3 cm³/mol. The van der Waals surface area contributed by atoms with Gasteiger partial charge in [-0.3, -0.25) is 9.69 Å². The molecule has 21 heavy (non-hydrogen) atoms. The van der Waals surface area contributed by atoms with Crippen molar-refractivity contribution < 1.29 is 14.3 Å². The highest BCUT2D eigenvalue weighted by Crippen LogP contribution is 2.17. The molecule has 1 fully saturated rings. The van der Waals surface area contributed by atoms with Gasteiger partial charge in [-0.2, -0.15) is 0 Å². The summed E-state index contributed by atoms with van der Waals surface area (Å²) in [6, 6.07) is 6.07. The third-order valence-corrected chi connectivity index (χ3v) is 4.05. The van der Waals surface area contributed by atoms with Gasteiger partial charge >= 0.3 is 0 Å². The van der Waals surface area contributed by atoms with Crippen LogP contribution in [0.15, 0.2) is 24.3 Å². The first-order chi connectivity index (χ1) is 10.1. The number of aliphatic hydroxyl groups excluding tert-OH is 1. The lowest BCUT2D eigenvalue weighted by atomic mass is 10.0. The van der Waals surface area contributed by atoms with Crippen LogP contribution in [-0.2, 0) is 4.79 Å². The summed E-state index contributed by atoms with van der Waals surface area (Å²) in [5.74, 6) is -0.344. The third-order valence-electron chi connectivity index (χ3n) is 4.05. The summed E-state index contributed by atoms with van der Waals surface area (Å²) in [5.41, 5.74) is 0.877. The van der Waals surface area contributed by atoms with Crippen LogP contribution in [0.4, 0.5) is 4.39 Å². The van der Waals surface area contributed by atoms with Crippen molar-refractivity contribution in [3.8, 4) is 0 Å². The monoisotopic (exact) mass is 294 g/mol. The normalized spacial score (nSPS) is 21.0. The van der Waals surface area contributed by atoms with E-state index in [0.29, 0.717) is 6.54 Å². The van der Waals surface area contributed by atoms with E-state index in [9.17, 15) is 14.3 Å². The maximum absolute atomic E-state index is 12.9. The lowest BCUT2D eigenvalue weighted by molar-refractivity contribution is -0.124. The number of rotatable bonds is 5. The number of nitrogens with one attached hydrogen (secondary N) is 1. The van der Waals surface area contributed by atoms with Gasteiger partial charge in [-0.1, -0.05) is 18.6 Å². The Morgan fingerprint density at radius 1 is 1.43 bits per heavy atom. The summed E-state index contributed by atoms with van der Waals surface area (Å²) in [6.45, 7) is 3.13. The Balaban J connectivity index is 1.87. The van der Waals surface area contributed by atoms with Gasteiger partial charge in [0.25, 0.3) is 0 Å². The second-order valence-electron chi connectivity index (χ2n) is 5.64. The molecule has 2 N–H and O–H groups in total. The van der Waals surface area contributed by atoms with E-state index in [2.05, 4.69) is 5.32 Å². The first kappa shape index (κ1) is 15.9. The van der Waals surface area contributed by atoms with E-state index in [1.807, 2.05) is 11.8 Å². The molecule has 2 rings (SSSR count). The van der Waals surface area contributed by atoms with Crippen molar-refractivity contribution in [2.24, 2.45) is 0 Å². The van der Waals surface area contributed by atoms with E-state index >= 15 is 0 Å². The average Bonchev–Trinajstić information content (AvgIpc) is 2.48. The first-order valence-corrected chi connectivity index (χ1v) is 7.50. The van der Waals surface area contributed by atoms with E-state index in [1.54, 1.807) is 12.1 Å². The number of halogens is 1. The van der Waals surface area contributed by atoms with Gasteiger partial charge in [-0.05, 0) is 44.0 Å². The molecule has 2 atom stereocenters. The fraction of sp³-hybridized carbons (Fsp3) is 0.562. The number of hydrogen-bond donors (Lipinski definition) is 2. The minimum absolute atomic E-state index is 0.0628. The Kier molecular flexibility index (Phi) is 5.70. The van der Waals surface area contributed by atoms with Gasteiger partial charge in [0.15, 0.2) is 0 Å². The van der Waals surface area contributed by atoms with Crippen molar-refractivity contribution in [3.05, 3.63) is 35.6 Å². The Morgan fingerprint density at radius 3 is 2.81 bits per heavy atom. The third kappa shape index (κ3) is 4.51. The van der Waals surface area contributed by atoms with Crippen molar-refractivity contribution in [1.29, 1.82) is 0 Å². The topological polar surface area (TPSA) is 52.6 Å². The molecule has 1 aromatic rings. The molecule has 1 saturated heterocycles. The summed E-state index contributed by atoms with van der Waals surface area (Å²) < 4.78 is 12.9. The van der Waals surface area contributed by atoms with E-state index in [1.165, 1.54) is 12.1 Å². The molecule has 0 saturated carbocycles. The Bertz CT molecular complexity index is 464. The second kappa shape index (κ2) is 7.52.